The fourth-order valence-electron chi connectivity index (χ4n) is 0.732. The first-order chi connectivity index (χ1) is 5.74. The summed E-state index contributed by atoms with van der Waals surface area (Å²) in [5.41, 5.74) is 0.513. The molecule has 0 bridgehead atoms. The molecule has 0 aliphatic rings. The largest absolute Gasteiger partial charge is 0.364 e. The van der Waals surface area contributed by atoms with Gasteiger partial charge in [-0.1, -0.05) is 0 Å². The monoisotopic (exact) mass is 232 g/mol. The van der Waals surface area contributed by atoms with Crippen molar-refractivity contribution in [3.63, 3.8) is 0 Å². The van der Waals surface area contributed by atoms with Gasteiger partial charge in [-0.05, 0) is 22.0 Å². The summed E-state index contributed by atoms with van der Waals surface area (Å²) in [6, 6.07) is 1.70. The third-order valence-electron chi connectivity index (χ3n) is 1.27. The molecular formula is C7H9BrN2O2. The van der Waals surface area contributed by atoms with Crippen LogP contribution in [-0.2, 0) is 4.74 Å². The van der Waals surface area contributed by atoms with Crippen molar-refractivity contribution in [3.8, 4) is 0 Å². The summed E-state index contributed by atoms with van der Waals surface area (Å²) in [4.78, 5) is 14.0. The molecule has 0 unspecified atom stereocenters. The average Bonchev–Trinajstić information content (AvgIpc) is 2.47. The van der Waals surface area contributed by atoms with E-state index < -0.39 is 0 Å². The number of H-pyrrole nitrogens is 1. The minimum atomic E-state index is -0.178. The van der Waals surface area contributed by atoms with Crippen LogP contribution in [0.15, 0.2) is 16.7 Å². The van der Waals surface area contributed by atoms with Gasteiger partial charge in [0.1, 0.15) is 12.4 Å². The predicted molar refractivity (Wildman–Crippen MR) is 47.8 cm³/mol. The van der Waals surface area contributed by atoms with E-state index in [1.54, 1.807) is 12.3 Å². The fraction of sp³-hybridized carbons (Fsp3) is 0.286. The summed E-state index contributed by atoms with van der Waals surface area (Å²) in [7, 11) is 1.52. The number of ether oxygens (including phenoxy) is 1. The number of methoxy groups -OCH3 is 1. The molecular weight excluding hydrogens is 224 g/mol. The van der Waals surface area contributed by atoms with Gasteiger partial charge in [-0.3, -0.25) is 4.79 Å². The Morgan fingerprint density at radius 3 is 3.08 bits per heavy atom. The van der Waals surface area contributed by atoms with Crippen molar-refractivity contribution < 1.29 is 9.53 Å². The highest BCUT2D eigenvalue weighted by Gasteiger charge is 2.05. The van der Waals surface area contributed by atoms with Gasteiger partial charge >= 0.3 is 0 Å². The van der Waals surface area contributed by atoms with Crippen molar-refractivity contribution in [1.29, 1.82) is 0 Å². The first-order valence-electron chi connectivity index (χ1n) is 3.35. The quantitative estimate of drug-likeness (QED) is 0.768. The molecule has 0 atom stereocenters. The molecule has 0 aromatic carbocycles. The van der Waals surface area contributed by atoms with Gasteiger partial charge in [0.2, 0.25) is 0 Å². The Morgan fingerprint density at radius 1 is 1.83 bits per heavy atom. The van der Waals surface area contributed by atoms with Crippen LogP contribution in [0.4, 0.5) is 0 Å². The van der Waals surface area contributed by atoms with Gasteiger partial charge in [-0.15, -0.1) is 0 Å². The van der Waals surface area contributed by atoms with Crippen LogP contribution < -0.4 is 5.32 Å². The number of carbonyl (C=O) groups is 1. The van der Waals surface area contributed by atoms with E-state index in [1.807, 2.05) is 0 Å². The first-order valence-corrected chi connectivity index (χ1v) is 4.14. The van der Waals surface area contributed by atoms with Crippen LogP contribution in [0.2, 0.25) is 0 Å². The lowest BCUT2D eigenvalue weighted by atomic mass is 10.4. The second-order valence-corrected chi connectivity index (χ2v) is 3.09. The molecule has 12 heavy (non-hydrogen) atoms. The average molecular weight is 233 g/mol. The van der Waals surface area contributed by atoms with Gasteiger partial charge in [-0.2, -0.15) is 0 Å². The van der Waals surface area contributed by atoms with E-state index in [0.29, 0.717) is 5.69 Å². The van der Waals surface area contributed by atoms with Gasteiger partial charge in [-0.25, -0.2) is 0 Å². The fourth-order valence-corrected chi connectivity index (χ4v) is 1.08. The Bertz CT molecular complexity index is 272. The lowest BCUT2D eigenvalue weighted by Gasteiger charge is -1.99. The highest BCUT2D eigenvalue weighted by Crippen LogP contribution is 2.09. The molecule has 1 aromatic heterocycles. The second kappa shape index (κ2) is 4.27. The lowest BCUT2D eigenvalue weighted by Crippen LogP contribution is -2.25. The molecule has 5 heteroatoms. The van der Waals surface area contributed by atoms with Crippen molar-refractivity contribution in [2.45, 2.75) is 0 Å². The molecule has 0 spiro atoms. The zero-order valence-electron chi connectivity index (χ0n) is 6.56. The summed E-state index contributed by atoms with van der Waals surface area (Å²) in [6.07, 6.45) is 1.70. The molecule has 2 N–H and O–H groups in total. The third-order valence-corrected chi connectivity index (χ3v) is 1.73. The number of halogens is 1. The third kappa shape index (κ3) is 2.35. The van der Waals surface area contributed by atoms with E-state index in [9.17, 15) is 4.79 Å². The van der Waals surface area contributed by atoms with Crippen LogP contribution in [0.1, 0.15) is 10.5 Å². The van der Waals surface area contributed by atoms with E-state index in [4.69, 9.17) is 0 Å². The van der Waals surface area contributed by atoms with Crippen LogP contribution in [0.25, 0.3) is 0 Å². The number of nitrogens with one attached hydrogen (secondary N) is 2. The molecule has 0 radical (unpaired) electrons. The van der Waals surface area contributed by atoms with Gasteiger partial charge < -0.3 is 15.0 Å². The molecule has 0 saturated carbocycles. The van der Waals surface area contributed by atoms with E-state index in [-0.39, 0.29) is 12.6 Å². The zero-order chi connectivity index (χ0) is 8.97. The molecule has 1 heterocycles. The molecule has 4 nitrogen and oxygen atoms in total. The number of hydrogen-bond acceptors (Lipinski definition) is 2. The van der Waals surface area contributed by atoms with E-state index in [0.717, 1.165) is 4.47 Å². The standard InChI is InChI=1S/C7H9BrN2O2/c1-12-4-10-7(11)6-2-5(8)3-9-6/h2-3,9H,4H2,1H3,(H,10,11). The number of aromatic amines is 1. The summed E-state index contributed by atoms with van der Waals surface area (Å²) >= 11 is 3.23. The van der Waals surface area contributed by atoms with Crippen LogP contribution in [0, 0.1) is 0 Å². The van der Waals surface area contributed by atoms with Crippen molar-refractivity contribution in [1.82, 2.24) is 10.3 Å². The van der Waals surface area contributed by atoms with E-state index >= 15 is 0 Å². The maximum atomic E-state index is 11.2. The zero-order valence-corrected chi connectivity index (χ0v) is 8.14. The van der Waals surface area contributed by atoms with E-state index in [1.165, 1.54) is 7.11 Å². The molecule has 0 saturated heterocycles. The Morgan fingerprint density at radius 2 is 2.58 bits per heavy atom. The maximum absolute atomic E-state index is 11.2. The van der Waals surface area contributed by atoms with Gasteiger partial charge in [0, 0.05) is 17.8 Å². The molecule has 1 rings (SSSR count). The van der Waals surface area contributed by atoms with Gasteiger partial charge in [0.05, 0.1) is 0 Å². The Labute approximate surface area is 78.4 Å². The van der Waals surface area contributed by atoms with Crippen LogP contribution in [-0.4, -0.2) is 24.7 Å². The minimum Gasteiger partial charge on any atom is -0.364 e. The molecule has 0 fully saturated rings. The number of rotatable bonds is 3. The Balaban J connectivity index is 2.53. The summed E-state index contributed by atoms with van der Waals surface area (Å²) < 4.78 is 5.54. The minimum absolute atomic E-state index is 0.178. The number of hydrogen-bond donors (Lipinski definition) is 2. The summed E-state index contributed by atoms with van der Waals surface area (Å²) in [6.45, 7) is 0.218. The number of carbonyl (C=O) groups excluding carboxylic acids is 1. The van der Waals surface area contributed by atoms with Crippen LogP contribution >= 0.6 is 15.9 Å². The van der Waals surface area contributed by atoms with Crippen molar-refractivity contribution in [2.75, 3.05) is 13.8 Å². The molecule has 0 aliphatic heterocycles. The van der Waals surface area contributed by atoms with Gasteiger partial charge in [0.15, 0.2) is 0 Å². The van der Waals surface area contributed by atoms with Crippen LogP contribution in [0.5, 0.6) is 0 Å². The molecule has 1 aromatic rings. The van der Waals surface area contributed by atoms with Crippen LogP contribution in [0.3, 0.4) is 0 Å². The normalized spacial score (nSPS) is 9.83. The smallest absolute Gasteiger partial charge is 0.269 e. The maximum Gasteiger partial charge on any atom is 0.269 e. The molecule has 66 valence electrons. The number of amides is 1. The SMILES string of the molecule is COCNC(=O)c1cc(Br)c[nH]1. The second-order valence-electron chi connectivity index (χ2n) is 2.17. The number of aromatic nitrogens is 1. The molecule has 1 amide bonds. The topological polar surface area (TPSA) is 54.1 Å². The molecule has 0 aliphatic carbocycles. The highest BCUT2D eigenvalue weighted by molar-refractivity contribution is 9.10. The summed E-state index contributed by atoms with van der Waals surface area (Å²) in [5, 5.41) is 2.55. The summed E-state index contributed by atoms with van der Waals surface area (Å²) in [5.74, 6) is -0.178. The lowest BCUT2D eigenvalue weighted by molar-refractivity contribution is 0.0868. The van der Waals surface area contributed by atoms with Crippen molar-refractivity contribution in [3.05, 3.63) is 22.4 Å². The Hall–Kier alpha value is -0.810. The Kier molecular flexibility index (Phi) is 3.31. The van der Waals surface area contributed by atoms with Crippen molar-refractivity contribution >= 4 is 21.8 Å². The van der Waals surface area contributed by atoms with Gasteiger partial charge in [0.25, 0.3) is 5.91 Å². The van der Waals surface area contributed by atoms with Crippen molar-refractivity contribution in [2.24, 2.45) is 0 Å². The highest BCUT2D eigenvalue weighted by atomic mass is 79.9. The van der Waals surface area contributed by atoms with E-state index in [2.05, 4.69) is 31.0 Å². The predicted octanol–water partition coefficient (Wildman–Crippen LogP) is 1.11. The first kappa shape index (κ1) is 9.28.